The van der Waals surface area contributed by atoms with Crippen molar-refractivity contribution < 1.29 is 9.90 Å². The first-order valence-corrected chi connectivity index (χ1v) is 6.82. The Hall–Kier alpha value is -1.22. The first kappa shape index (κ1) is 11.8. The number of rotatable bonds is 5. The minimum absolute atomic E-state index is 0.255. The van der Waals surface area contributed by atoms with Crippen molar-refractivity contribution in [3.8, 4) is 0 Å². The Morgan fingerprint density at radius 3 is 2.56 bits per heavy atom. The summed E-state index contributed by atoms with van der Waals surface area (Å²) in [5.41, 5.74) is 1.25. The molecule has 0 bridgehead atoms. The summed E-state index contributed by atoms with van der Waals surface area (Å²) in [7, 11) is 0. The van der Waals surface area contributed by atoms with Crippen LogP contribution >= 0.6 is 11.6 Å². The standard InChI is InChI=1S/C14H16ClNO2/c15-12-7-10(14(17)18)3-6-13(12)16(11-4-5-11)8-9-1-2-9/h3,6-7,9,11H,1-2,4-5,8H2,(H,17,18). The fourth-order valence-electron chi connectivity index (χ4n) is 2.28. The summed E-state index contributed by atoms with van der Waals surface area (Å²) in [4.78, 5) is 13.3. The van der Waals surface area contributed by atoms with Crippen LogP contribution in [-0.2, 0) is 0 Å². The Labute approximate surface area is 111 Å². The highest BCUT2D eigenvalue weighted by molar-refractivity contribution is 6.33. The van der Waals surface area contributed by atoms with Crippen LogP contribution in [0.15, 0.2) is 18.2 Å². The van der Waals surface area contributed by atoms with E-state index in [1.807, 2.05) is 6.07 Å². The monoisotopic (exact) mass is 265 g/mol. The Balaban J connectivity index is 1.86. The minimum Gasteiger partial charge on any atom is -0.478 e. The quantitative estimate of drug-likeness (QED) is 0.887. The van der Waals surface area contributed by atoms with Crippen molar-refractivity contribution in [2.24, 2.45) is 5.92 Å². The largest absolute Gasteiger partial charge is 0.478 e. The zero-order chi connectivity index (χ0) is 12.7. The van der Waals surface area contributed by atoms with Gasteiger partial charge in [0.25, 0.3) is 0 Å². The highest BCUT2D eigenvalue weighted by atomic mass is 35.5. The predicted molar refractivity (Wildman–Crippen MR) is 71.5 cm³/mol. The molecule has 0 unspecified atom stereocenters. The second-order valence-electron chi connectivity index (χ2n) is 5.30. The Morgan fingerprint density at radius 2 is 2.06 bits per heavy atom. The van der Waals surface area contributed by atoms with Crippen LogP contribution < -0.4 is 4.90 Å². The topological polar surface area (TPSA) is 40.5 Å². The van der Waals surface area contributed by atoms with Crippen LogP contribution in [0.2, 0.25) is 5.02 Å². The summed E-state index contributed by atoms with van der Waals surface area (Å²) in [5, 5.41) is 9.50. The number of anilines is 1. The number of carbonyl (C=O) groups is 1. The molecule has 1 N–H and O–H groups in total. The summed E-state index contributed by atoms with van der Waals surface area (Å²) in [5.74, 6) is -0.121. The molecule has 3 rings (SSSR count). The summed E-state index contributed by atoms with van der Waals surface area (Å²) < 4.78 is 0. The van der Waals surface area contributed by atoms with E-state index >= 15 is 0 Å². The van der Waals surface area contributed by atoms with E-state index in [0.717, 1.165) is 18.2 Å². The lowest BCUT2D eigenvalue weighted by Crippen LogP contribution is -2.28. The second kappa shape index (κ2) is 4.47. The summed E-state index contributed by atoms with van der Waals surface area (Å²) in [6.45, 7) is 1.07. The molecule has 0 radical (unpaired) electrons. The highest BCUT2D eigenvalue weighted by Gasteiger charge is 2.34. The molecule has 0 spiro atoms. The highest BCUT2D eigenvalue weighted by Crippen LogP contribution is 2.40. The third-order valence-electron chi connectivity index (χ3n) is 3.64. The van der Waals surface area contributed by atoms with Gasteiger partial charge in [-0.15, -0.1) is 0 Å². The number of carboxylic acids is 1. The SMILES string of the molecule is O=C(O)c1ccc(N(CC2CC2)C2CC2)c(Cl)c1. The van der Waals surface area contributed by atoms with Gasteiger partial charge in [-0.1, -0.05) is 11.6 Å². The molecule has 2 fully saturated rings. The summed E-state index contributed by atoms with van der Waals surface area (Å²) >= 11 is 6.24. The van der Waals surface area contributed by atoms with Crippen LogP contribution in [0.1, 0.15) is 36.0 Å². The lowest BCUT2D eigenvalue weighted by atomic mass is 10.2. The molecule has 18 heavy (non-hydrogen) atoms. The van der Waals surface area contributed by atoms with Gasteiger partial charge < -0.3 is 10.0 Å². The molecular formula is C14H16ClNO2. The Bertz CT molecular complexity index is 481. The molecule has 0 aliphatic heterocycles. The number of carboxylic acid groups (broad SMARTS) is 1. The molecule has 2 aliphatic carbocycles. The van der Waals surface area contributed by atoms with Gasteiger partial charge in [-0.2, -0.15) is 0 Å². The molecule has 2 aliphatic rings. The number of hydrogen-bond acceptors (Lipinski definition) is 2. The van der Waals surface area contributed by atoms with Crippen molar-refractivity contribution >= 4 is 23.3 Å². The van der Waals surface area contributed by atoms with Crippen molar-refractivity contribution in [3.05, 3.63) is 28.8 Å². The van der Waals surface area contributed by atoms with Gasteiger partial charge in [-0.05, 0) is 49.8 Å². The maximum absolute atomic E-state index is 10.9. The zero-order valence-corrected chi connectivity index (χ0v) is 10.9. The fourth-order valence-corrected chi connectivity index (χ4v) is 2.57. The zero-order valence-electron chi connectivity index (χ0n) is 10.1. The van der Waals surface area contributed by atoms with Crippen molar-refractivity contribution in [2.45, 2.75) is 31.7 Å². The molecule has 3 nitrogen and oxygen atoms in total. The maximum atomic E-state index is 10.9. The molecule has 1 aromatic carbocycles. The Morgan fingerprint density at radius 1 is 1.33 bits per heavy atom. The predicted octanol–water partition coefficient (Wildman–Crippen LogP) is 3.42. The molecule has 96 valence electrons. The van der Waals surface area contributed by atoms with Gasteiger partial charge in [0.15, 0.2) is 0 Å². The minimum atomic E-state index is -0.927. The number of hydrogen-bond donors (Lipinski definition) is 1. The average Bonchev–Trinajstić information content (AvgIpc) is 3.19. The van der Waals surface area contributed by atoms with Gasteiger partial charge >= 0.3 is 5.97 Å². The molecule has 0 saturated heterocycles. The maximum Gasteiger partial charge on any atom is 0.335 e. The third-order valence-corrected chi connectivity index (χ3v) is 3.95. The number of benzene rings is 1. The average molecular weight is 266 g/mol. The molecule has 0 heterocycles. The summed E-state index contributed by atoms with van der Waals surface area (Å²) in [6, 6.07) is 5.67. The van der Waals surface area contributed by atoms with Crippen molar-refractivity contribution in [1.82, 2.24) is 0 Å². The van der Waals surface area contributed by atoms with E-state index in [9.17, 15) is 4.79 Å². The van der Waals surface area contributed by atoms with Crippen molar-refractivity contribution in [3.63, 3.8) is 0 Å². The normalized spacial score (nSPS) is 18.7. The van der Waals surface area contributed by atoms with Crippen molar-refractivity contribution in [1.29, 1.82) is 0 Å². The lowest BCUT2D eigenvalue weighted by Gasteiger charge is -2.25. The van der Waals surface area contributed by atoms with Gasteiger partial charge in [-0.3, -0.25) is 0 Å². The molecule has 0 amide bonds. The van der Waals surface area contributed by atoms with Crippen LogP contribution in [0.4, 0.5) is 5.69 Å². The van der Waals surface area contributed by atoms with E-state index < -0.39 is 5.97 Å². The fraction of sp³-hybridized carbons (Fsp3) is 0.500. The van der Waals surface area contributed by atoms with Gasteiger partial charge in [0.2, 0.25) is 0 Å². The number of nitrogens with zero attached hydrogens (tertiary/aromatic N) is 1. The first-order valence-electron chi connectivity index (χ1n) is 6.44. The molecule has 0 atom stereocenters. The molecule has 1 aromatic rings. The second-order valence-corrected chi connectivity index (χ2v) is 5.71. The van der Waals surface area contributed by atoms with Gasteiger partial charge in [0.05, 0.1) is 16.3 Å². The lowest BCUT2D eigenvalue weighted by molar-refractivity contribution is 0.0697. The van der Waals surface area contributed by atoms with Crippen molar-refractivity contribution in [2.75, 3.05) is 11.4 Å². The van der Waals surface area contributed by atoms with Crippen LogP contribution in [0, 0.1) is 5.92 Å². The number of halogens is 1. The van der Waals surface area contributed by atoms with Gasteiger partial charge in [0.1, 0.15) is 0 Å². The smallest absolute Gasteiger partial charge is 0.335 e. The van der Waals surface area contributed by atoms with Gasteiger partial charge in [-0.25, -0.2) is 4.79 Å². The summed E-state index contributed by atoms with van der Waals surface area (Å²) in [6.07, 6.45) is 5.08. The molecule has 4 heteroatoms. The van der Waals surface area contributed by atoms with E-state index in [2.05, 4.69) is 4.90 Å². The Kier molecular flexibility index (Phi) is 2.94. The van der Waals surface area contributed by atoms with E-state index in [1.54, 1.807) is 12.1 Å². The van der Waals surface area contributed by atoms with E-state index in [4.69, 9.17) is 16.7 Å². The van der Waals surface area contributed by atoms with Crippen LogP contribution in [-0.4, -0.2) is 23.7 Å². The first-order chi connectivity index (χ1) is 8.65. The molecule has 2 saturated carbocycles. The van der Waals surface area contributed by atoms with Crippen LogP contribution in [0.25, 0.3) is 0 Å². The van der Waals surface area contributed by atoms with E-state index in [0.29, 0.717) is 11.1 Å². The van der Waals surface area contributed by atoms with E-state index in [-0.39, 0.29) is 5.56 Å². The van der Waals surface area contributed by atoms with Crippen LogP contribution in [0.3, 0.4) is 0 Å². The third kappa shape index (κ3) is 2.46. The van der Waals surface area contributed by atoms with Gasteiger partial charge in [0, 0.05) is 12.6 Å². The molecule has 0 aromatic heterocycles. The van der Waals surface area contributed by atoms with Crippen LogP contribution in [0.5, 0.6) is 0 Å². The van der Waals surface area contributed by atoms with E-state index in [1.165, 1.54) is 25.7 Å². The molecular weight excluding hydrogens is 250 g/mol. The number of aromatic carboxylic acids is 1.